The average Bonchev–Trinajstić information content (AvgIpc) is 2.34. The molecule has 0 unspecified atom stereocenters. The first-order valence-electron chi connectivity index (χ1n) is 7.81. The fraction of sp³-hybridized carbons (Fsp3) is 0.588. The quantitative estimate of drug-likeness (QED) is 0.487. The summed E-state index contributed by atoms with van der Waals surface area (Å²) in [6.45, 7) is 11.7. The van der Waals surface area contributed by atoms with Gasteiger partial charge in [-0.3, -0.25) is 0 Å². The summed E-state index contributed by atoms with van der Waals surface area (Å²) in [6, 6.07) is 6.45. The molecule has 0 aliphatic rings. The van der Waals surface area contributed by atoms with Crippen molar-refractivity contribution in [3.63, 3.8) is 0 Å². The van der Waals surface area contributed by atoms with Gasteiger partial charge in [0.05, 0.1) is 11.2 Å². The van der Waals surface area contributed by atoms with Crippen LogP contribution < -0.4 is 10.2 Å². The first-order valence-corrected chi connectivity index (χ1v) is 7.81. The second-order valence-electron chi connectivity index (χ2n) is 7.64. The second-order valence-corrected chi connectivity index (χ2v) is 7.64. The molecule has 0 aromatic heterocycles. The maximum Gasteiger partial charge on any atom is 0.514 e. The number of para-hydroxylation sites is 1. The topological polar surface area (TPSA) is 85.2 Å². The lowest BCUT2D eigenvalue weighted by Gasteiger charge is -2.38. The van der Waals surface area contributed by atoms with E-state index in [1.54, 1.807) is 66.7 Å². The van der Waals surface area contributed by atoms with E-state index in [1.165, 1.54) is 6.07 Å². The third-order valence-electron chi connectivity index (χ3n) is 3.65. The fourth-order valence-corrected chi connectivity index (χ4v) is 1.62. The Morgan fingerprint density at radius 3 is 2.08 bits per heavy atom. The van der Waals surface area contributed by atoms with Crippen molar-refractivity contribution in [1.29, 1.82) is 0 Å². The molecule has 24 heavy (non-hydrogen) atoms. The van der Waals surface area contributed by atoms with Crippen LogP contribution in [-0.4, -0.2) is 40.2 Å². The molecule has 0 spiro atoms. The maximum atomic E-state index is 11.8. The first-order chi connectivity index (χ1) is 10.7. The number of rotatable bonds is 5. The van der Waals surface area contributed by atoms with Crippen LogP contribution in [-0.2, 0) is 9.39 Å². The number of aliphatic hydroxyl groups is 1. The van der Waals surface area contributed by atoms with Crippen molar-refractivity contribution >= 4 is 18.7 Å². The minimum atomic E-state index is -1.38. The molecule has 0 atom stereocenters. The van der Waals surface area contributed by atoms with Crippen LogP contribution in [0.25, 0.3) is 0 Å². The Labute approximate surface area is 143 Å². The van der Waals surface area contributed by atoms with Gasteiger partial charge in [0, 0.05) is 5.46 Å². The summed E-state index contributed by atoms with van der Waals surface area (Å²) in [7, 11) is -1.38. The Morgan fingerprint density at radius 2 is 1.58 bits per heavy atom. The van der Waals surface area contributed by atoms with Gasteiger partial charge in [0.1, 0.15) is 11.4 Å². The summed E-state index contributed by atoms with van der Waals surface area (Å²) in [5, 5.41) is 20.5. The van der Waals surface area contributed by atoms with Crippen LogP contribution in [0, 0.1) is 0 Å². The Balaban J connectivity index is 2.96. The normalized spacial score (nSPS) is 12.7. The molecule has 0 saturated carbocycles. The van der Waals surface area contributed by atoms with Crippen LogP contribution in [0.3, 0.4) is 0 Å². The van der Waals surface area contributed by atoms with Gasteiger partial charge in [0.15, 0.2) is 0 Å². The molecule has 7 heteroatoms. The Bertz CT molecular complexity index is 571. The van der Waals surface area contributed by atoms with Crippen LogP contribution in [0.5, 0.6) is 5.75 Å². The zero-order chi connectivity index (χ0) is 18.8. The minimum absolute atomic E-state index is 0.130. The largest absolute Gasteiger partial charge is 0.514 e. The van der Waals surface area contributed by atoms with E-state index >= 15 is 0 Å². The molecule has 0 aliphatic carbocycles. The summed E-state index contributed by atoms with van der Waals surface area (Å²) in [5.41, 5.74) is -2.65. The molecular formula is C17H27BO6. The predicted octanol–water partition coefficient (Wildman–Crippen LogP) is 2.25. The smallest absolute Gasteiger partial charge is 0.428 e. The Kier molecular flexibility index (Phi) is 6.08. The monoisotopic (exact) mass is 338 g/mol. The molecule has 6 nitrogen and oxygen atoms in total. The van der Waals surface area contributed by atoms with E-state index in [9.17, 15) is 14.9 Å². The number of carbonyl (C=O) groups is 1. The lowest BCUT2D eigenvalue weighted by atomic mass is 9.76. The van der Waals surface area contributed by atoms with E-state index in [4.69, 9.17) is 14.1 Å². The van der Waals surface area contributed by atoms with Crippen LogP contribution in [0.1, 0.15) is 48.5 Å². The van der Waals surface area contributed by atoms with Gasteiger partial charge in [-0.05, 0) is 54.5 Å². The third-order valence-corrected chi connectivity index (χ3v) is 3.65. The molecule has 0 aliphatic heterocycles. The number of benzene rings is 1. The zero-order valence-electron chi connectivity index (χ0n) is 15.4. The highest BCUT2D eigenvalue weighted by Gasteiger charge is 2.40. The van der Waals surface area contributed by atoms with Crippen LogP contribution in [0.4, 0.5) is 4.79 Å². The number of hydrogen-bond acceptors (Lipinski definition) is 6. The van der Waals surface area contributed by atoms with Crippen molar-refractivity contribution < 1.29 is 29.1 Å². The van der Waals surface area contributed by atoms with E-state index in [0.717, 1.165) is 0 Å². The maximum absolute atomic E-state index is 11.8. The SMILES string of the molecule is CC(C)(C)OC(=O)Oc1ccccc1B(O)OC(C)(C)C(C)(C)O. The molecule has 134 valence electrons. The molecular weight excluding hydrogens is 311 g/mol. The van der Waals surface area contributed by atoms with Gasteiger partial charge in [-0.15, -0.1) is 0 Å². The van der Waals surface area contributed by atoms with Crippen molar-refractivity contribution in [3.8, 4) is 5.75 Å². The standard InChI is InChI=1S/C17H27BO6/c1-15(2,3)23-14(19)22-13-11-9-8-10-12(13)18(21)24-17(6,7)16(4,5)20/h8-11,20-21H,1-7H3. The lowest BCUT2D eigenvalue weighted by molar-refractivity contribution is -0.0983. The van der Waals surface area contributed by atoms with Crippen LogP contribution in [0.2, 0.25) is 0 Å². The number of ether oxygens (including phenoxy) is 2. The van der Waals surface area contributed by atoms with Crippen LogP contribution in [0.15, 0.2) is 24.3 Å². The van der Waals surface area contributed by atoms with Crippen molar-refractivity contribution in [2.24, 2.45) is 0 Å². The molecule has 0 bridgehead atoms. The second kappa shape index (κ2) is 7.13. The summed E-state index contributed by atoms with van der Waals surface area (Å²) in [6.07, 6.45) is -0.871. The van der Waals surface area contributed by atoms with Crippen molar-refractivity contribution in [1.82, 2.24) is 0 Å². The molecule has 1 rings (SSSR count). The van der Waals surface area contributed by atoms with E-state index in [-0.39, 0.29) is 11.2 Å². The minimum Gasteiger partial charge on any atom is -0.428 e. The molecule has 0 amide bonds. The summed E-state index contributed by atoms with van der Waals surface area (Å²) in [4.78, 5) is 11.8. The number of hydrogen-bond donors (Lipinski definition) is 2. The van der Waals surface area contributed by atoms with Gasteiger partial charge in [0.25, 0.3) is 0 Å². The first kappa shape index (κ1) is 20.5. The molecule has 0 fully saturated rings. The molecule has 1 aromatic rings. The van der Waals surface area contributed by atoms with Gasteiger partial charge in [0.2, 0.25) is 0 Å². The predicted molar refractivity (Wildman–Crippen MR) is 92.4 cm³/mol. The van der Waals surface area contributed by atoms with E-state index in [1.807, 2.05) is 0 Å². The van der Waals surface area contributed by atoms with Gasteiger partial charge < -0.3 is 24.3 Å². The van der Waals surface area contributed by atoms with Crippen molar-refractivity contribution in [2.45, 2.75) is 65.3 Å². The van der Waals surface area contributed by atoms with Gasteiger partial charge in [-0.1, -0.05) is 18.2 Å². The molecule has 1 aromatic carbocycles. The van der Waals surface area contributed by atoms with Gasteiger partial charge in [-0.25, -0.2) is 4.79 Å². The van der Waals surface area contributed by atoms with Crippen molar-refractivity contribution in [2.75, 3.05) is 0 Å². The zero-order valence-corrected chi connectivity index (χ0v) is 15.4. The highest BCUT2D eigenvalue weighted by atomic mass is 16.7. The number of carbonyl (C=O) groups excluding carboxylic acids is 1. The highest BCUT2D eigenvalue weighted by Crippen LogP contribution is 2.26. The van der Waals surface area contributed by atoms with E-state index < -0.39 is 30.1 Å². The van der Waals surface area contributed by atoms with E-state index in [0.29, 0.717) is 0 Å². The molecule has 0 heterocycles. The average molecular weight is 338 g/mol. The summed E-state index contributed by atoms with van der Waals surface area (Å²) in [5.74, 6) is 0.130. The van der Waals surface area contributed by atoms with Gasteiger partial charge in [-0.2, -0.15) is 0 Å². The summed E-state index contributed by atoms with van der Waals surface area (Å²) < 4.78 is 15.9. The van der Waals surface area contributed by atoms with Crippen LogP contribution >= 0.6 is 0 Å². The summed E-state index contributed by atoms with van der Waals surface area (Å²) >= 11 is 0. The lowest BCUT2D eigenvalue weighted by Crippen LogP contribution is -2.53. The molecule has 0 radical (unpaired) electrons. The van der Waals surface area contributed by atoms with Crippen molar-refractivity contribution in [3.05, 3.63) is 24.3 Å². The fourth-order valence-electron chi connectivity index (χ4n) is 1.62. The molecule has 2 N–H and O–H groups in total. The Hall–Kier alpha value is -1.57. The third kappa shape index (κ3) is 5.81. The Morgan fingerprint density at radius 1 is 1.04 bits per heavy atom. The highest BCUT2D eigenvalue weighted by molar-refractivity contribution is 6.61. The van der Waals surface area contributed by atoms with Gasteiger partial charge >= 0.3 is 13.3 Å². The van der Waals surface area contributed by atoms with E-state index in [2.05, 4.69) is 0 Å². The molecule has 0 saturated heterocycles.